The summed E-state index contributed by atoms with van der Waals surface area (Å²) in [6.07, 6.45) is 3.48. The molecule has 0 atom stereocenters. The van der Waals surface area contributed by atoms with Crippen LogP contribution in [-0.2, 0) is 0 Å². The Kier molecular flexibility index (Phi) is 8.11. The number of amides is 2. The van der Waals surface area contributed by atoms with Gasteiger partial charge in [-0.2, -0.15) is 11.3 Å². The number of hydrogen-bond acceptors (Lipinski definition) is 8. The Labute approximate surface area is 229 Å². The van der Waals surface area contributed by atoms with Crippen molar-refractivity contribution in [2.45, 2.75) is 35.4 Å². The van der Waals surface area contributed by atoms with Crippen molar-refractivity contribution >= 4 is 51.4 Å². The van der Waals surface area contributed by atoms with Crippen LogP contribution in [0.15, 0.2) is 69.2 Å². The predicted molar refractivity (Wildman–Crippen MR) is 152 cm³/mol. The number of piperazine rings is 1. The second-order valence-corrected chi connectivity index (χ2v) is 12.4. The Morgan fingerprint density at radius 1 is 1.30 bits per heavy atom. The van der Waals surface area contributed by atoms with Crippen LogP contribution in [0.3, 0.4) is 0 Å². The molecule has 1 aliphatic heterocycles. The molecule has 4 rings (SSSR count). The van der Waals surface area contributed by atoms with E-state index in [1.54, 1.807) is 30.8 Å². The molecule has 0 radical (unpaired) electrons. The predicted octanol–water partition coefficient (Wildman–Crippen LogP) is 6.16. The minimum Gasteiger partial charge on any atom is -0.496 e. The highest BCUT2D eigenvalue weighted by Crippen LogP contribution is 2.39. The molecule has 1 fully saturated rings. The summed E-state index contributed by atoms with van der Waals surface area (Å²) in [6.45, 7) is 15.9. The summed E-state index contributed by atoms with van der Waals surface area (Å²) in [6, 6.07) is 5.58. The van der Waals surface area contributed by atoms with Crippen LogP contribution in [0.5, 0.6) is 5.75 Å². The number of nitrogens with one attached hydrogen (secondary N) is 1. The molecule has 3 aromatic rings. The molecule has 0 unspecified atom stereocenters. The van der Waals surface area contributed by atoms with Gasteiger partial charge in [0.1, 0.15) is 5.75 Å². The van der Waals surface area contributed by atoms with Gasteiger partial charge >= 0.3 is 0 Å². The number of anilines is 1. The third-order valence-electron chi connectivity index (χ3n) is 6.22. The first kappa shape index (κ1) is 27.0. The van der Waals surface area contributed by atoms with Crippen molar-refractivity contribution in [2.75, 3.05) is 32.1 Å². The zero-order valence-corrected chi connectivity index (χ0v) is 23.8. The Morgan fingerprint density at radius 3 is 2.73 bits per heavy atom. The van der Waals surface area contributed by atoms with Crippen LogP contribution in [0.2, 0.25) is 0 Å². The van der Waals surface area contributed by atoms with Gasteiger partial charge in [-0.3, -0.25) is 14.9 Å². The number of aromatic nitrogens is 1. The molecule has 37 heavy (non-hydrogen) atoms. The average molecular weight is 555 g/mol. The summed E-state index contributed by atoms with van der Waals surface area (Å²) in [7, 11) is 1.58. The fraction of sp³-hybridized carbons (Fsp3) is 0.296. The van der Waals surface area contributed by atoms with Gasteiger partial charge in [0.2, 0.25) is 0 Å². The molecule has 7 nitrogen and oxygen atoms in total. The second kappa shape index (κ2) is 11.1. The molecular weight excluding hydrogens is 525 g/mol. The normalized spacial score (nSPS) is 14.8. The number of rotatable bonds is 8. The van der Waals surface area contributed by atoms with Gasteiger partial charge in [0.05, 0.1) is 34.2 Å². The van der Waals surface area contributed by atoms with Gasteiger partial charge in [-0.05, 0) is 56.0 Å². The first-order valence-corrected chi connectivity index (χ1v) is 14.2. The zero-order chi connectivity index (χ0) is 26.7. The summed E-state index contributed by atoms with van der Waals surface area (Å²) in [5, 5.41) is 7.04. The summed E-state index contributed by atoms with van der Waals surface area (Å²) in [5.74, 6) is 0.300. The maximum atomic E-state index is 13.8. The third kappa shape index (κ3) is 5.92. The highest BCUT2D eigenvalue weighted by atomic mass is 32.2. The molecule has 1 N–H and O–H groups in total. The summed E-state index contributed by atoms with van der Waals surface area (Å²) in [5.41, 5.74) is 2.58. The van der Waals surface area contributed by atoms with E-state index < -0.39 is 5.54 Å². The number of methoxy groups -OCH3 is 1. The van der Waals surface area contributed by atoms with Gasteiger partial charge in [-0.25, -0.2) is 4.98 Å². The molecule has 0 spiro atoms. The van der Waals surface area contributed by atoms with E-state index >= 15 is 0 Å². The lowest BCUT2D eigenvalue weighted by Crippen LogP contribution is -2.60. The second-order valence-electron chi connectivity index (χ2n) is 9.26. The first-order chi connectivity index (χ1) is 17.6. The van der Waals surface area contributed by atoms with Crippen LogP contribution < -0.4 is 10.1 Å². The molecule has 0 saturated carbocycles. The van der Waals surface area contributed by atoms with E-state index in [-0.39, 0.29) is 11.8 Å². The zero-order valence-electron chi connectivity index (χ0n) is 21.4. The van der Waals surface area contributed by atoms with E-state index in [1.807, 2.05) is 29.3 Å². The van der Waals surface area contributed by atoms with Gasteiger partial charge in [0.15, 0.2) is 5.13 Å². The van der Waals surface area contributed by atoms with Gasteiger partial charge in [0, 0.05) is 35.6 Å². The van der Waals surface area contributed by atoms with Crippen molar-refractivity contribution in [3.8, 4) is 5.75 Å². The third-order valence-corrected chi connectivity index (χ3v) is 9.07. The molecule has 194 valence electrons. The molecule has 2 amide bonds. The van der Waals surface area contributed by atoms with Crippen LogP contribution in [-0.4, -0.2) is 58.9 Å². The van der Waals surface area contributed by atoms with Crippen molar-refractivity contribution in [1.82, 2.24) is 14.8 Å². The molecule has 10 heteroatoms. The highest BCUT2D eigenvalue weighted by Gasteiger charge is 2.38. The lowest BCUT2D eigenvalue weighted by molar-refractivity contribution is 0.0272. The molecule has 1 aliphatic rings. The fourth-order valence-electron chi connectivity index (χ4n) is 4.19. The van der Waals surface area contributed by atoms with Crippen LogP contribution in [0.25, 0.3) is 0 Å². The molecule has 0 bridgehead atoms. The standard InChI is InChI=1S/C27H30N4O3S3/c1-7-18(3)30-9-10-31(27(4,5)16-30)25(33)20-13-22(17(2)12-21(20)34-6)36-23-14-28-26(37-23)29-24(32)19-8-11-35-15-19/h7-8,11-15H,1,3,9-10,16H2,2,4-6H3,(H,28,29,32). The number of aryl methyl sites for hydroxylation is 1. The maximum absolute atomic E-state index is 13.8. The van der Waals surface area contributed by atoms with E-state index in [0.717, 1.165) is 20.4 Å². The topological polar surface area (TPSA) is 74.8 Å². The number of thiophene rings is 1. The molecule has 1 aromatic carbocycles. The van der Waals surface area contributed by atoms with Gasteiger partial charge in [-0.1, -0.05) is 36.3 Å². The van der Waals surface area contributed by atoms with Crippen molar-refractivity contribution in [3.63, 3.8) is 0 Å². The van der Waals surface area contributed by atoms with Crippen molar-refractivity contribution in [3.05, 3.63) is 76.8 Å². The number of nitrogens with zero attached hydrogens (tertiary/aromatic N) is 3. The summed E-state index contributed by atoms with van der Waals surface area (Å²) < 4.78 is 6.53. The Bertz CT molecular complexity index is 1330. The summed E-state index contributed by atoms with van der Waals surface area (Å²) >= 11 is 4.38. The smallest absolute Gasteiger partial charge is 0.258 e. The summed E-state index contributed by atoms with van der Waals surface area (Å²) in [4.78, 5) is 35.5. The minimum atomic E-state index is -0.405. The van der Waals surface area contributed by atoms with E-state index in [0.29, 0.717) is 41.6 Å². The van der Waals surface area contributed by atoms with Gasteiger partial charge in [0.25, 0.3) is 11.8 Å². The molecule has 0 aliphatic carbocycles. The van der Waals surface area contributed by atoms with E-state index in [9.17, 15) is 9.59 Å². The van der Waals surface area contributed by atoms with Crippen LogP contribution >= 0.6 is 34.4 Å². The first-order valence-electron chi connectivity index (χ1n) is 11.7. The number of carbonyl (C=O) groups excluding carboxylic acids is 2. The van der Waals surface area contributed by atoms with Crippen LogP contribution in [0.1, 0.15) is 40.1 Å². The van der Waals surface area contributed by atoms with E-state index in [2.05, 4.69) is 42.2 Å². The van der Waals surface area contributed by atoms with Gasteiger partial charge < -0.3 is 14.5 Å². The molecular formula is C27H30N4O3S3. The lowest BCUT2D eigenvalue weighted by Gasteiger charge is -2.48. The number of benzene rings is 1. The average Bonchev–Trinajstić information content (AvgIpc) is 3.56. The largest absolute Gasteiger partial charge is 0.496 e. The minimum absolute atomic E-state index is 0.0689. The van der Waals surface area contributed by atoms with Crippen molar-refractivity contribution in [1.29, 1.82) is 0 Å². The number of ether oxygens (including phenoxy) is 1. The number of allylic oxidation sites excluding steroid dienone is 1. The Morgan fingerprint density at radius 2 is 2.08 bits per heavy atom. The maximum Gasteiger partial charge on any atom is 0.258 e. The quantitative estimate of drug-likeness (QED) is 0.336. The van der Waals surface area contributed by atoms with Crippen molar-refractivity contribution < 1.29 is 14.3 Å². The SMILES string of the molecule is C=CC(=C)N1CCN(C(=O)c2cc(Sc3cnc(NC(=O)c4ccsc4)s3)c(C)cc2OC)C(C)(C)C1. The van der Waals surface area contributed by atoms with E-state index in [1.165, 1.54) is 34.4 Å². The lowest BCUT2D eigenvalue weighted by atomic mass is 9.96. The monoisotopic (exact) mass is 554 g/mol. The fourth-order valence-corrected chi connectivity index (χ4v) is 6.77. The highest BCUT2D eigenvalue weighted by molar-refractivity contribution is 8.01. The Hall–Kier alpha value is -3.08. The van der Waals surface area contributed by atoms with E-state index in [4.69, 9.17) is 4.74 Å². The van der Waals surface area contributed by atoms with Crippen LogP contribution in [0, 0.1) is 6.92 Å². The number of thiazole rings is 1. The van der Waals surface area contributed by atoms with Crippen molar-refractivity contribution in [2.24, 2.45) is 0 Å². The van der Waals surface area contributed by atoms with Gasteiger partial charge in [-0.15, -0.1) is 0 Å². The molecule has 3 heterocycles. The molecule has 2 aromatic heterocycles. The van der Waals surface area contributed by atoms with Crippen LogP contribution in [0.4, 0.5) is 5.13 Å². The Balaban J connectivity index is 1.54. The number of carbonyl (C=O) groups is 2. The number of hydrogen-bond donors (Lipinski definition) is 1. The molecule has 1 saturated heterocycles.